The molecule has 0 unspecified atom stereocenters. The van der Waals surface area contributed by atoms with Crippen LogP contribution in [0.1, 0.15) is 25.0 Å². The fourth-order valence-electron chi connectivity index (χ4n) is 2.65. The summed E-state index contributed by atoms with van der Waals surface area (Å²) in [7, 11) is 0. The number of likely N-dealkylation sites (N-methyl/N-ethyl adjacent to an activating group) is 1. The first-order valence-corrected chi connectivity index (χ1v) is 9.91. The van der Waals surface area contributed by atoms with E-state index in [1.807, 2.05) is 0 Å². The highest BCUT2D eigenvalue weighted by Crippen LogP contribution is 2.32. The molecule has 2 aromatic carbocycles. The van der Waals surface area contributed by atoms with Gasteiger partial charge in [-0.25, -0.2) is 0 Å². The quantitative estimate of drug-likeness (QED) is 0.506. The molecule has 0 fully saturated rings. The highest BCUT2D eigenvalue weighted by Gasteiger charge is 2.30. The number of ether oxygens (including phenoxy) is 1. The van der Waals surface area contributed by atoms with Gasteiger partial charge in [0.2, 0.25) is 5.91 Å². The van der Waals surface area contributed by atoms with E-state index in [1.54, 1.807) is 24.3 Å². The van der Waals surface area contributed by atoms with Gasteiger partial charge in [0.05, 0.1) is 5.56 Å². The second-order valence-corrected chi connectivity index (χ2v) is 6.86. The van der Waals surface area contributed by atoms with Crippen LogP contribution in [0.2, 0.25) is 5.02 Å². The number of carbonyl (C=O) groups excluding carboxylic acids is 1. The summed E-state index contributed by atoms with van der Waals surface area (Å²) in [4.78, 5) is 14.3. The first-order chi connectivity index (χ1) is 14.2. The fraction of sp³-hybridized carbons (Fsp3) is 0.318. The molecule has 1 N–H and O–H groups in total. The van der Waals surface area contributed by atoms with Gasteiger partial charge in [-0.05, 0) is 61.1 Å². The topological polar surface area (TPSA) is 41.6 Å². The molecule has 0 saturated heterocycles. The molecule has 2 rings (SSSR count). The van der Waals surface area contributed by atoms with Gasteiger partial charge in [-0.3, -0.25) is 4.79 Å². The Labute approximate surface area is 179 Å². The summed E-state index contributed by atoms with van der Waals surface area (Å²) in [5, 5.41) is 2.59. The smallest absolute Gasteiger partial charge is 0.416 e. The number of amides is 1. The van der Waals surface area contributed by atoms with Crippen LogP contribution in [0.3, 0.4) is 0 Å². The average molecular weight is 441 g/mol. The largest absolute Gasteiger partial charge is 0.492 e. The van der Waals surface area contributed by atoms with Crippen molar-refractivity contribution in [3.63, 3.8) is 0 Å². The Hall–Kier alpha value is -2.51. The van der Waals surface area contributed by atoms with Crippen molar-refractivity contribution in [2.45, 2.75) is 20.0 Å². The van der Waals surface area contributed by atoms with Crippen LogP contribution in [-0.2, 0) is 11.0 Å². The summed E-state index contributed by atoms with van der Waals surface area (Å²) in [5.41, 5.74) is 0.0459. The van der Waals surface area contributed by atoms with E-state index in [1.165, 1.54) is 18.2 Å². The van der Waals surface area contributed by atoms with E-state index in [9.17, 15) is 18.0 Å². The Morgan fingerprint density at radius 3 is 2.37 bits per heavy atom. The average Bonchev–Trinajstić information content (AvgIpc) is 2.71. The molecule has 0 aromatic heterocycles. The maximum absolute atomic E-state index is 12.7. The minimum atomic E-state index is -4.47. The lowest BCUT2D eigenvalue weighted by Gasteiger charge is -2.18. The van der Waals surface area contributed by atoms with Crippen molar-refractivity contribution < 1.29 is 22.7 Å². The van der Waals surface area contributed by atoms with Gasteiger partial charge < -0.3 is 15.0 Å². The van der Waals surface area contributed by atoms with Gasteiger partial charge in [0, 0.05) is 23.3 Å². The molecule has 2 aromatic rings. The number of hydrogen-bond acceptors (Lipinski definition) is 3. The molecule has 30 heavy (non-hydrogen) atoms. The number of nitrogens with one attached hydrogen (secondary N) is 1. The molecule has 0 atom stereocenters. The number of anilines is 1. The third-order valence-corrected chi connectivity index (χ3v) is 4.76. The van der Waals surface area contributed by atoms with E-state index in [0.717, 1.165) is 31.8 Å². The van der Waals surface area contributed by atoms with Crippen LogP contribution in [-0.4, -0.2) is 37.0 Å². The molecule has 0 saturated carbocycles. The van der Waals surface area contributed by atoms with Crippen molar-refractivity contribution in [1.29, 1.82) is 0 Å². The second-order valence-electron chi connectivity index (χ2n) is 6.46. The summed E-state index contributed by atoms with van der Waals surface area (Å²) in [6, 6.07) is 9.91. The molecule has 0 heterocycles. The Balaban J connectivity index is 1.89. The van der Waals surface area contributed by atoms with E-state index < -0.39 is 17.6 Å². The zero-order valence-electron chi connectivity index (χ0n) is 16.8. The minimum absolute atomic E-state index is 0.0833. The van der Waals surface area contributed by atoms with Gasteiger partial charge in [0.15, 0.2) is 0 Å². The van der Waals surface area contributed by atoms with Crippen molar-refractivity contribution in [3.05, 3.63) is 64.7 Å². The Morgan fingerprint density at radius 2 is 1.80 bits per heavy atom. The Bertz CT molecular complexity index is 864. The molecule has 0 aliphatic carbocycles. The summed E-state index contributed by atoms with van der Waals surface area (Å²) < 4.78 is 43.7. The Kier molecular flexibility index (Phi) is 8.74. The van der Waals surface area contributed by atoms with Gasteiger partial charge in [-0.2, -0.15) is 13.2 Å². The number of nitrogens with zero attached hydrogens (tertiary/aromatic N) is 1. The number of halogens is 4. The van der Waals surface area contributed by atoms with E-state index in [2.05, 4.69) is 24.1 Å². The second kappa shape index (κ2) is 11.0. The maximum Gasteiger partial charge on any atom is 0.416 e. The third-order valence-electron chi connectivity index (χ3n) is 4.43. The first kappa shape index (κ1) is 23.8. The lowest BCUT2D eigenvalue weighted by molar-refractivity contribution is -0.137. The highest BCUT2D eigenvalue weighted by molar-refractivity contribution is 6.32. The number of hydrogen-bond donors (Lipinski definition) is 1. The van der Waals surface area contributed by atoms with E-state index in [4.69, 9.17) is 16.3 Å². The van der Waals surface area contributed by atoms with Crippen LogP contribution in [0.5, 0.6) is 5.75 Å². The zero-order chi connectivity index (χ0) is 22.1. The number of rotatable bonds is 9. The first-order valence-electron chi connectivity index (χ1n) is 9.54. The van der Waals surface area contributed by atoms with Crippen LogP contribution in [0.15, 0.2) is 48.5 Å². The van der Waals surface area contributed by atoms with Gasteiger partial charge in [0.25, 0.3) is 0 Å². The van der Waals surface area contributed by atoms with Crippen molar-refractivity contribution in [2.24, 2.45) is 0 Å². The maximum atomic E-state index is 12.7. The summed E-state index contributed by atoms with van der Waals surface area (Å²) in [5.74, 6) is 0.272. The molecular formula is C22H24ClF3N2O2. The number of carbonyl (C=O) groups is 1. The summed E-state index contributed by atoms with van der Waals surface area (Å²) in [6.45, 7) is 7.54. The predicted octanol–water partition coefficient (Wildman–Crippen LogP) is 5.73. The van der Waals surface area contributed by atoms with Crippen molar-refractivity contribution in [2.75, 3.05) is 31.6 Å². The third kappa shape index (κ3) is 7.39. The van der Waals surface area contributed by atoms with E-state index in [0.29, 0.717) is 23.6 Å². The van der Waals surface area contributed by atoms with Crippen LogP contribution in [0.4, 0.5) is 18.9 Å². The van der Waals surface area contributed by atoms with E-state index in [-0.39, 0.29) is 5.02 Å². The monoisotopic (exact) mass is 440 g/mol. The number of benzene rings is 2. The predicted molar refractivity (Wildman–Crippen MR) is 114 cm³/mol. The van der Waals surface area contributed by atoms with Crippen LogP contribution < -0.4 is 10.1 Å². The van der Waals surface area contributed by atoms with Gasteiger partial charge >= 0.3 is 6.18 Å². The molecule has 4 nitrogen and oxygen atoms in total. The van der Waals surface area contributed by atoms with Crippen LogP contribution in [0, 0.1) is 0 Å². The molecule has 8 heteroatoms. The van der Waals surface area contributed by atoms with Crippen molar-refractivity contribution >= 4 is 29.3 Å². The van der Waals surface area contributed by atoms with Crippen molar-refractivity contribution in [1.82, 2.24) is 4.90 Å². The molecular weight excluding hydrogens is 417 g/mol. The van der Waals surface area contributed by atoms with Gasteiger partial charge in [-0.1, -0.05) is 31.5 Å². The Morgan fingerprint density at radius 1 is 1.13 bits per heavy atom. The lowest BCUT2D eigenvalue weighted by atomic mass is 10.1. The molecule has 0 aliphatic heterocycles. The fourth-order valence-corrected chi connectivity index (χ4v) is 2.90. The molecule has 0 bridgehead atoms. The molecule has 0 aliphatic rings. The molecule has 0 radical (unpaired) electrons. The van der Waals surface area contributed by atoms with Gasteiger partial charge in [0.1, 0.15) is 12.4 Å². The standard InChI is InChI=1S/C22H24ClF3N2O2/c1-3-28(4-2)13-14-30-19-10-8-18(9-11-19)27-21(29)12-6-16-5-7-17(15-20(16)23)22(24,25)26/h5-12,15H,3-4,13-14H2,1-2H3,(H,27,29)/b12-6+. The lowest BCUT2D eigenvalue weighted by Crippen LogP contribution is -2.27. The highest BCUT2D eigenvalue weighted by atomic mass is 35.5. The molecule has 0 spiro atoms. The molecule has 162 valence electrons. The van der Waals surface area contributed by atoms with Gasteiger partial charge in [-0.15, -0.1) is 0 Å². The van der Waals surface area contributed by atoms with Crippen molar-refractivity contribution in [3.8, 4) is 5.75 Å². The normalized spacial score (nSPS) is 11.8. The van der Waals surface area contributed by atoms with E-state index >= 15 is 0 Å². The van der Waals surface area contributed by atoms with Crippen LogP contribution >= 0.6 is 11.6 Å². The zero-order valence-corrected chi connectivity index (χ0v) is 17.6. The summed E-state index contributed by atoms with van der Waals surface area (Å²) in [6.07, 6.45) is -1.89. The number of alkyl halides is 3. The SMILES string of the molecule is CCN(CC)CCOc1ccc(NC(=O)/C=C/c2ccc(C(F)(F)F)cc2Cl)cc1. The summed E-state index contributed by atoms with van der Waals surface area (Å²) >= 11 is 5.88. The minimum Gasteiger partial charge on any atom is -0.492 e. The van der Waals surface area contributed by atoms with Crippen LogP contribution in [0.25, 0.3) is 6.08 Å². The molecule has 1 amide bonds.